The highest BCUT2D eigenvalue weighted by Crippen LogP contribution is 2.22. The minimum Gasteiger partial charge on any atom is -0.369 e. The van der Waals surface area contributed by atoms with Gasteiger partial charge in [0.25, 0.3) is 0 Å². The number of likely N-dealkylation sites (tertiary alicyclic amines) is 1. The van der Waals surface area contributed by atoms with Gasteiger partial charge in [0.15, 0.2) is 0 Å². The Morgan fingerprint density at radius 3 is 2.19 bits per heavy atom. The van der Waals surface area contributed by atoms with Gasteiger partial charge in [-0.1, -0.05) is 40.0 Å². The van der Waals surface area contributed by atoms with Gasteiger partial charge in [0, 0.05) is 51.0 Å². The van der Waals surface area contributed by atoms with Crippen LogP contribution in [0.25, 0.3) is 0 Å². The van der Waals surface area contributed by atoms with Crippen molar-refractivity contribution in [2.24, 2.45) is 0 Å². The Morgan fingerprint density at radius 2 is 1.71 bits per heavy atom. The minimum absolute atomic E-state index is 0.729. The van der Waals surface area contributed by atoms with E-state index in [0.29, 0.717) is 0 Å². The van der Waals surface area contributed by atoms with E-state index in [9.17, 15) is 0 Å². The summed E-state index contributed by atoms with van der Waals surface area (Å²) in [6.45, 7) is 21.3. The van der Waals surface area contributed by atoms with Crippen molar-refractivity contribution in [3.8, 4) is 0 Å². The third-order valence-electron chi connectivity index (χ3n) is 4.35. The van der Waals surface area contributed by atoms with Crippen molar-refractivity contribution in [1.29, 1.82) is 0 Å². The van der Waals surface area contributed by atoms with Crippen LogP contribution in [0.5, 0.6) is 0 Å². The average Bonchev–Trinajstić information content (AvgIpc) is 2.47. The second-order valence-corrected chi connectivity index (χ2v) is 5.67. The number of piperazine rings is 1. The average molecular weight is 291 g/mol. The molecule has 2 heterocycles. The zero-order valence-corrected chi connectivity index (χ0v) is 14.4. The summed E-state index contributed by atoms with van der Waals surface area (Å²) in [4.78, 5) is 7.41. The molecular formula is C18H33N3. The number of hydrogen-bond donors (Lipinski definition) is 0. The van der Waals surface area contributed by atoms with Crippen molar-refractivity contribution in [1.82, 2.24) is 14.7 Å². The molecule has 0 amide bonds. The molecule has 2 aliphatic rings. The van der Waals surface area contributed by atoms with Gasteiger partial charge in [-0.3, -0.25) is 4.90 Å². The maximum Gasteiger partial charge on any atom is 0.0447 e. The summed E-state index contributed by atoms with van der Waals surface area (Å²) >= 11 is 0. The molecule has 0 saturated carbocycles. The molecule has 0 bridgehead atoms. The molecule has 21 heavy (non-hydrogen) atoms. The molecule has 0 N–H and O–H groups in total. The number of nitrogens with zero attached hydrogens (tertiary/aromatic N) is 3. The van der Waals surface area contributed by atoms with Crippen molar-refractivity contribution >= 4 is 0 Å². The van der Waals surface area contributed by atoms with Crippen LogP contribution in [-0.4, -0.2) is 67.1 Å². The lowest BCUT2D eigenvalue weighted by Crippen LogP contribution is -2.62. The van der Waals surface area contributed by atoms with Crippen molar-refractivity contribution in [2.75, 3.05) is 46.3 Å². The summed E-state index contributed by atoms with van der Waals surface area (Å²) in [5.74, 6) is 0. The van der Waals surface area contributed by atoms with Crippen LogP contribution in [0.15, 0.2) is 36.6 Å². The van der Waals surface area contributed by atoms with Gasteiger partial charge in [-0.2, -0.15) is 0 Å². The summed E-state index contributed by atoms with van der Waals surface area (Å²) in [7, 11) is 2.21. The van der Waals surface area contributed by atoms with E-state index in [1.807, 2.05) is 19.9 Å². The van der Waals surface area contributed by atoms with Crippen molar-refractivity contribution in [3.05, 3.63) is 36.6 Å². The monoisotopic (exact) mass is 291 g/mol. The minimum atomic E-state index is 0.729. The third kappa shape index (κ3) is 5.01. The molecule has 2 aliphatic heterocycles. The predicted molar refractivity (Wildman–Crippen MR) is 93.5 cm³/mol. The van der Waals surface area contributed by atoms with Gasteiger partial charge in [-0.05, 0) is 25.1 Å². The largest absolute Gasteiger partial charge is 0.369 e. The highest BCUT2D eigenvalue weighted by molar-refractivity contribution is 5.27. The molecule has 2 saturated heterocycles. The number of rotatable bonds is 5. The van der Waals surface area contributed by atoms with Crippen LogP contribution in [0, 0.1) is 0 Å². The van der Waals surface area contributed by atoms with E-state index in [-0.39, 0.29) is 0 Å². The van der Waals surface area contributed by atoms with Crippen LogP contribution < -0.4 is 0 Å². The van der Waals surface area contributed by atoms with E-state index in [1.54, 1.807) is 0 Å². The van der Waals surface area contributed by atoms with Crippen LogP contribution in [0.3, 0.4) is 0 Å². The van der Waals surface area contributed by atoms with Gasteiger partial charge in [0.05, 0.1) is 0 Å². The topological polar surface area (TPSA) is 9.72 Å². The first-order valence-electron chi connectivity index (χ1n) is 8.33. The molecule has 0 aromatic heterocycles. The van der Waals surface area contributed by atoms with Crippen LogP contribution >= 0.6 is 0 Å². The first-order valence-corrected chi connectivity index (χ1v) is 8.33. The second-order valence-electron chi connectivity index (χ2n) is 5.67. The lowest BCUT2D eigenvalue weighted by molar-refractivity contribution is 0.0292. The maximum absolute atomic E-state index is 4.18. The second kappa shape index (κ2) is 9.06. The number of allylic oxidation sites excluding steroid dienone is 3. The van der Waals surface area contributed by atoms with E-state index in [2.05, 4.69) is 47.9 Å². The molecule has 3 heteroatoms. The van der Waals surface area contributed by atoms with Crippen LogP contribution in [0.2, 0.25) is 0 Å². The van der Waals surface area contributed by atoms with E-state index in [1.165, 1.54) is 31.8 Å². The fourth-order valence-electron chi connectivity index (χ4n) is 2.72. The molecule has 0 aromatic rings. The maximum atomic E-state index is 4.18. The van der Waals surface area contributed by atoms with Crippen LogP contribution in [0.1, 0.15) is 27.2 Å². The molecule has 0 unspecified atom stereocenters. The highest BCUT2D eigenvalue weighted by Gasteiger charge is 2.33. The van der Waals surface area contributed by atoms with Gasteiger partial charge in [-0.15, -0.1) is 0 Å². The molecule has 120 valence electrons. The third-order valence-corrected chi connectivity index (χ3v) is 4.35. The zero-order valence-electron chi connectivity index (χ0n) is 14.4. The molecule has 3 nitrogen and oxygen atoms in total. The van der Waals surface area contributed by atoms with Crippen LogP contribution in [0.4, 0.5) is 0 Å². The van der Waals surface area contributed by atoms with Gasteiger partial charge in [0.2, 0.25) is 0 Å². The smallest absolute Gasteiger partial charge is 0.0447 e. The summed E-state index contributed by atoms with van der Waals surface area (Å²) in [6, 6.07) is 0.729. The van der Waals surface area contributed by atoms with Gasteiger partial charge >= 0.3 is 0 Å². The quantitative estimate of drug-likeness (QED) is 0.721. The summed E-state index contributed by atoms with van der Waals surface area (Å²) < 4.78 is 0. The number of likely N-dealkylation sites (N-methyl/N-ethyl adjacent to an activating group) is 1. The Kier molecular flexibility index (Phi) is 7.76. The first-order chi connectivity index (χ1) is 10.1. The normalized spacial score (nSPS) is 21.3. The Morgan fingerprint density at radius 1 is 1.14 bits per heavy atom. The van der Waals surface area contributed by atoms with Gasteiger partial charge in [-0.25, -0.2) is 0 Å². The van der Waals surface area contributed by atoms with E-state index >= 15 is 0 Å². The zero-order chi connectivity index (χ0) is 15.8. The van der Waals surface area contributed by atoms with Crippen molar-refractivity contribution in [3.63, 3.8) is 0 Å². The first kappa shape index (κ1) is 18.0. The molecule has 0 radical (unpaired) electrons. The number of hydrogen-bond acceptors (Lipinski definition) is 3. The molecule has 0 aliphatic carbocycles. The Hall–Kier alpha value is -1.06. The van der Waals surface area contributed by atoms with E-state index in [4.69, 9.17) is 0 Å². The fourth-order valence-corrected chi connectivity index (χ4v) is 2.72. The molecule has 2 rings (SSSR count). The standard InChI is InChI=1S/C16H27N3.C2H6/c1-5-15(6-2)11-14(3)19-12-16(13-19)18-9-7-17(4)8-10-18;1-2/h5,11,16H,1,3,6-10,12-13H2,2,4H3;1-2H3/b15-11+;. The lowest BCUT2D eigenvalue weighted by Gasteiger charge is -2.49. The summed E-state index contributed by atoms with van der Waals surface area (Å²) in [5, 5.41) is 0. The molecule has 0 aromatic carbocycles. The molecule has 0 atom stereocenters. The Balaban J connectivity index is 0.00000106. The fraction of sp³-hybridized carbons (Fsp3) is 0.667. The van der Waals surface area contributed by atoms with Crippen molar-refractivity contribution < 1.29 is 0 Å². The van der Waals surface area contributed by atoms with Gasteiger partial charge in [0.1, 0.15) is 0 Å². The lowest BCUT2D eigenvalue weighted by atomic mass is 10.0. The summed E-state index contributed by atoms with van der Waals surface area (Å²) in [6.07, 6.45) is 5.13. The highest BCUT2D eigenvalue weighted by atomic mass is 15.3. The molecular weight excluding hydrogens is 258 g/mol. The Bertz CT molecular complexity index is 359. The van der Waals surface area contributed by atoms with E-state index in [0.717, 1.165) is 31.2 Å². The molecule has 2 fully saturated rings. The SMILES string of the molecule is C=C/C(=C\C(=C)N1CC(N2CCN(C)CC2)C1)CC.CC. The van der Waals surface area contributed by atoms with Crippen LogP contribution in [-0.2, 0) is 0 Å². The van der Waals surface area contributed by atoms with Crippen molar-refractivity contribution in [2.45, 2.75) is 33.2 Å². The summed E-state index contributed by atoms with van der Waals surface area (Å²) in [5.41, 5.74) is 2.41. The van der Waals surface area contributed by atoms with E-state index < -0.39 is 0 Å². The Labute approximate surface area is 131 Å². The molecule has 0 spiro atoms. The predicted octanol–water partition coefficient (Wildman–Crippen LogP) is 2.98. The van der Waals surface area contributed by atoms with Gasteiger partial charge < -0.3 is 9.80 Å².